The molecule has 2 N–H and O–H groups in total. The molecule has 116 valence electrons. The van der Waals surface area contributed by atoms with E-state index in [-0.39, 0.29) is 16.4 Å². The third kappa shape index (κ3) is 3.82. The van der Waals surface area contributed by atoms with E-state index in [9.17, 15) is 4.79 Å². The van der Waals surface area contributed by atoms with Crippen LogP contribution in [-0.4, -0.2) is 28.5 Å². The molecule has 0 aromatic heterocycles. The van der Waals surface area contributed by atoms with Gasteiger partial charge in [0, 0.05) is 16.8 Å². The van der Waals surface area contributed by atoms with Crippen LogP contribution in [0.25, 0.3) is 0 Å². The molecule has 0 aromatic rings. The summed E-state index contributed by atoms with van der Waals surface area (Å²) in [7, 11) is 0. The molecule has 1 amide bonds. The van der Waals surface area contributed by atoms with Crippen molar-refractivity contribution >= 4 is 18.0 Å². The number of carbonyl (C=O) groups is 1. The monoisotopic (exact) mass is 300 g/mol. The summed E-state index contributed by atoms with van der Waals surface area (Å²) in [5.74, 6) is 0. The summed E-state index contributed by atoms with van der Waals surface area (Å²) in [5, 5.41) is 3.05. The maximum absolute atomic E-state index is 11.8. The van der Waals surface area contributed by atoms with E-state index in [1.807, 2.05) is 20.8 Å². The quantitative estimate of drug-likeness (QED) is 0.781. The zero-order chi connectivity index (χ0) is 15.2. The second-order valence-corrected chi connectivity index (χ2v) is 10.2. The van der Waals surface area contributed by atoms with Crippen LogP contribution in [0.5, 0.6) is 0 Å². The summed E-state index contributed by atoms with van der Waals surface area (Å²) in [6, 6.07) is 0. The van der Waals surface area contributed by atoms with Crippen molar-refractivity contribution in [1.29, 1.82) is 0 Å². The third-order valence-corrected chi connectivity index (χ3v) is 4.63. The fraction of sp³-hybridized carbons (Fsp3) is 0.933. The highest BCUT2D eigenvalue weighted by Crippen LogP contribution is 2.67. The van der Waals surface area contributed by atoms with E-state index in [0.29, 0.717) is 5.41 Å². The van der Waals surface area contributed by atoms with E-state index in [0.717, 1.165) is 25.8 Å². The number of hydrogen-bond acceptors (Lipinski definition) is 4. The van der Waals surface area contributed by atoms with Crippen molar-refractivity contribution in [2.24, 2.45) is 5.41 Å². The summed E-state index contributed by atoms with van der Waals surface area (Å²) in [6.07, 6.45) is 2.97. The first-order chi connectivity index (χ1) is 8.93. The summed E-state index contributed by atoms with van der Waals surface area (Å²) in [4.78, 5) is 11.8. The topological polar surface area (TPSA) is 50.4 Å². The molecule has 0 atom stereocenters. The van der Waals surface area contributed by atoms with Crippen molar-refractivity contribution in [3.8, 4) is 0 Å². The molecule has 0 unspecified atom stereocenters. The Kier molecular flexibility index (Phi) is 3.83. The number of nitrogens with one attached hydrogen (secondary N) is 2. The predicted molar refractivity (Wildman–Crippen MR) is 83.7 cm³/mol. The molecule has 3 aliphatic rings. The van der Waals surface area contributed by atoms with Crippen molar-refractivity contribution in [1.82, 2.24) is 10.0 Å². The molecule has 3 fully saturated rings. The molecule has 0 radical (unpaired) electrons. The van der Waals surface area contributed by atoms with Gasteiger partial charge in [0.05, 0.1) is 0 Å². The minimum atomic E-state index is -0.420. The van der Waals surface area contributed by atoms with Crippen LogP contribution < -0.4 is 10.0 Å². The first-order valence-corrected chi connectivity index (χ1v) is 8.17. The molecule has 3 aliphatic carbocycles. The SMILES string of the molecule is CC(C)(C)OC(=O)NC12CC(CNSC(C)(C)C)(C1)C2. The van der Waals surface area contributed by atoms with E-state index in [1.165, 1.54) is 0 Å². The summed E-state index contributed by atoms with van der Waals surface area (Å²) < 4.78 is 9.06. The Hall–Kier alpha value is -0.420. The molecule has 0 spiro atoms. The number of carbonyl (C=O) groups excluding carboxylic acids is 1. The van der Waals surface area contributed by atoms with Gasteiger partial charge in [0.15, 0.2) is 0 Å². The van der Waals surface area contributed by atoms with Gasteiger partial charge in [0.2, 0.25) is 0 Å². The summed E-state index contributed by atoms with van der Waals surface area (Å²) >= 11 is 1.79. The van der Waals surface area contributed by atoms with Gasteiger partial charge in [-0.1, -0.05) is 11.9 Å². The lowest BCUT2D eigenvalue weighted by molar-refractivity contribution is -0.145. The van der Waals surface area contributed by atoms with Gasteiger partial charge in [-0.05, 0) is 66.2 Å². The number of ether oxygens (including phenoxy) is 1. The Morgan fingerprint density at radius 3 is 2.15 bits per heavy atom. The molecule has 0 heterocycles. The Morgan fingerprint density at radius 2 is 1.70 bits per heavy atom. The van der Waals surface area contributed by atoms with Crippen LogP contribution in [0.2, 0.25) is 0 Å². The third-order valence-electron chi connectivity index (χ3n) is 3.73. The number of rotatable bonds is 4. The fourth-order valence-corrected chi connectivity index (χ4v) is 4.06. The van der Waals surface area contributed by atoms with Gasteiger partial charge in [-0.3, -0.25) is 4.72 Å². The Balaban J connectivity index is 1.68. The van der Waals surface area contributed by atoms with Gasteiger partial charge >= 0.3 is 6.09 Å². The van der Waals surface area contributed by atoms with E-state index >= 15 is 0 Å². The maximum atomic E-state index is 11.8. The second-order valence-electron chi connectivity index (χ2n) is 8.47. The average Bonchev–Trinajstić information content (AvgIpc) is 2.06. The van der Waals surface area contributed by atoms with Crippen molar-refractivity contribution in [3.63, 3.8) is 0 Å². The van der Waals surface area contributed by atoms with Crippen molar-refractivity contribution in [2.75, 3.05) is 6.54 Å². The molecule has 3 rings (SSSR count). The first kappa shape index (κ1) is 16.0. The van der Waals surface area contributed by atoms with E-state index in [2.05, 4.69) is 30.8 Å². The standard InChI is InChI=1S/C15H28N2O2S/c1-12(2,3)19-11(18)17-15-7-14(8-15,9-15)10-16-20-13(4,5)6/h16H,7-10H2,1-6H3,(H,17,18). The molecule has 0 aliphatic heterocycles. The Morgan fingerprint density at radius 1 is 1.15 bits per heavy atom. The van der Waals surface area contributed by atoms with Crippen molar-refractivity contribution < 1.29 is 9.53 Å². The van der Waals surface area contributed by atoms with Crippen LogP contribution in [0.15, 0.2) is 0 Å². The molecular weight excluding hydrogens is 272 g/mol. The van der Waals surface area contributed by atoms with Crippen molar-refractivity contribution in [3.05, 3.63) is 0 Å². The minimum absolute atomic E-state index is 0.0242. The zero-order valence-electron chi connectivity index (χ0n) is 13.6. The molecule has 2 bridgehead atoms. The number of hydrogen-bond donors (Lipinski definition) is 2. The van der Waals surface area contributed by atoms with Crippen LogP contribution >= 0.6 is 11.9 Å². The zero-order valence-corrected chi connectivity index (χ0v) is 14.4. The fourth-order valence-electron chi connectivity index (χ4n) is 3.24. The van der Waals surface area contributed by atoms with Crippen LogP contribution in [0.1, 0.15) is 60.8 Å². The lowest BCUT2D eigenvalue weighted by Gasteiger charge is -2.70. The smallest absolute Gasteiger partial charge is 0.408 e. The lowest BCUT2D eigenvalue weighted by Crippen LogP contribution is -2.76. The highest BCUT2D eigenvalue weighted by molar-refractivity contribution is 7.98. The van der Waals surface area contributed by atoms with Crippen LogP contribution in [-0.2, 0) is 4.74 Å². The van der Waals surface area contributed by atoms with E-state index < -0.39 is 5.60 Å². The minimum Gasteiger partial charge on any atom is -0.444 e. The van der Waals surface area contributed by atoms with Crippen molar-refractivity contribution in [2.45, 2.75) is 76.7 Å². The highest BCUT2D eigenvalue weighted by Gasteiger charge is 2.68. The molecule has 4 nitrogen and oxygen atoms in total. The molecule has 0 saturated heterocycles. The first-order valence-electron chi connectivity index (χ1n) is 7.35. The highest BCUT2D eigenvalue weighted by atomic mass is 32.2. The van der Waals surface area contributed by atoms with Gasteiger partial charge in [0.1, 0.15) is 5.60 Å². The summed E-state index contributed by atoms with van der Waals surface area (Å²) in [6.45, 7) is 13.3. The molecule has 20 heavy (non-hydrogen) atoms. The average molecular weight is 300 g/mol. The van der Waals surface area contributed by atoms with Gasteiger partial charge in [-0.2, -0.15) is 0 Å². The van der Waals surface area contributed by atoms with Gasteiger partial charge in [-0.15, -0.1) is 0 Å². The molecule has 0 aromatic carbocycles. The van der Waals surface area contributed by atoms with Crippen LogP contribution in [0.3, 0.4) is 0 Å². The van der Waals surface area contributed by atoms with E-state index in [1.54, 1.807) is 11.9 Å². The number of amides is 1. The van der Waals surface area contributed by atoms with E-state index in [4.69, 9.17) is 4.74 Å². The summed E-state index contributed by atoms with van der Waals surface area (Å²) in [5.41, 5.74) is 0.0138. The largest absolute Gasteiger partial charge is 0.444 e. The van der Waals surface area contributed by atoms with Crippen LogP contribution in [0, 0.1) is 5.41 Å². The second kappa shape index (κ2) is 4.80. The predicted octanol–water partition coefficient (Wildman–Crippen LogP) is 3.47. The Bertz CT molecular complexity index is 376. The lowest BCUT2D eigenvalue weighted by atomic mass is 9.39. The number of alkyl carbamates (subject to hydrolysis) is 1. The van der Waals surface area contributed by atoms with Gasteiger partial charge < -0.3 is 10.1 Å². The van der Waals surface area contributed by atoms with Crippen LogP contribution in [0.4, 0.5) is 4.79 Å². The normalized spacial score (nSPS) is 32.1. The Labute approximate surface area is 126 Å². The van der Waals surface area contributed by atoms with Gasteiger partial charge in [0.25, 0.3) is 0 Å². The molecule has 3 saturated carbocycles. The maximum Gasteiger partial charge on any atom is 0.408 e. The molecular formula is C15H28N2O2S. The molecule has 5 heteroatoms. The van der Waals surface area contributed by atoms with Gasteiger partial charge in [-0.25, -0.2) is 4.79 Å².